The van der Waals surface area contributed by atoms with Gasteiger partial charge in [0.2, 0.25) is 23.3 Å². The van der Waals surface area contributed by atoms with Gasteiger partial charge >= 0.3 is 0 Å². The fraction of sp³-hybridized carbons (Fsp3) is 0.105. The van der Waals surface area contributed by atoms with E-state index in [1.807, 2.05) is 36.7 Å². The quantitative estimate of drug-likeness (QED) is 0.161. The molecule has 0 aliphatic rings. The van der Waals surface area contributed by atoms with Crippen LogP contribution in [0.5, 0.6) is 11.8 Å². The van der Waals surface area contributed by atoms with Crippen molar-refractivity contribution in [2.45, 2.75) is 26.5 Å². The lowest BCUT2D eigenvalue weighted by Crippen LogP contribution is -1.96. The number of nitrogens with zero attached hydrogens (tertiary/aromatic N) is 8. The lowest BCUT2D eigenvalue weighted by atomic mass is 10.0. The third-order valence-corrected chi connectivity index (χ3v) is 7.80. The molecule has 1 N–H and O–H groups in total. The van der Waals surface area contributed by atoms with Crippen LogP contribution in [0.3, 0.4) is 0 Å². The number of aromatic nitrogens is 8. The minimum absolute atomic E-state index is 0.252. The molecular formula is C38H29F3N8O3. The molecule has 0 bridgehead atoms. The van der Waals surface area contributed by atoms with E-state index in [9.17, 15) is 18.3 Å². The molecule has 0 saturated heterocycles. The summed E-state index contributed by atoms with van der Waals surface area (Å²) in [5, 5.41) is 9.47. The Morgan fingerprint density at radius 2 is 1.10 bits per heavy atom. The molecule has 2 aromatic carbocycles. The van der Waals surface area contributed by atoms with Crippen LogP contribution in [0, 0.1) is 11.6 Å². The number of pyridine rings is 2. The lowest BCUT2D eigenvalue weighted by Gasteiger charge is -2.07. The van der Waals surface area contributed by atoms with Crippen LogP contribution in [0.25, 0.3) is 33.8 Å². The number of halogens is 3. The van der Waals surface area contributed by atoms with Gasteiger partial charge in [0.25, 0.3) is 0 Å². The number of alkyl halides is 1. The van der Waals surface area contributed by atoms with Gasteiger partial charge in [-0.05, 0) is 58.7 Å². The van der Waals surface area contributed by atoms with Crippen LogP contribution in [0.2, 0.25) is 0 Å². The van der Waals surface area contributed by atoms with Crippen molar-refractivity contribution in [1.82, 2.24) is 38.7 Å². The molecule has 0 atom stereocenters. The Balaban J connectivity index is 0.000000162. The smallest absolute Gasteiger partial charge is 0.234 e. The van der Waals surface area contributed by atoms with Crippen LogP contribution in [0.1, 0.15) is 22.5 Å². The molecule has 0 aliphatic carbocycles. The summed E-state index contributed by atoms with van der Waals surface area (Å²) in [6.07, 6.45) is 13.8. The Morgan fingerprint density at radius 1 is 0.596 bits per heavy atom. The SMILES string of the molecule is FCc1cc(F)ccc1-c1cnc2nc(COc3ccccn3)cn2c1.OCc1cc(F)ccc1-c1cnc2nc(COc3ccccn3)cn2c1. The molecule has 0 radical (unpaired) electrons. The third-order valence-electron chi connectivity index (χ3n) is 7.80. The van der Waals surface area contributed by atoms with Crippen LogP contribution >= 0.6 is 0 Å². The Labute approximate surface area is 294 Å². The van der Waals surface area contributed by atoms with Gasteiger partial charge in [-0.25, -0.2) is 43.1 Å². The number of benzene rings is 2. The molecule has 260 valence electrons. The number of rotatable bonds is 10. The average Bonchev–Trinajstić information content (AvgIpc) is 3.80. The molecule has 0 amide bonds. The van der Waals surface area contributed by atoms with Gasteiger partial charge in [0.15, 0.2) is 0 Å². The zero-order chi connectivity index (χ0) is 35.9. The third kappa shape index (κ3) is 7.87. The molecule has 8 aromatic rings. The van der Waals surface area contributed by atoms with Crippen molar-refractivity contribution >= 4 is 11.6 Å². The molecule has 0 spiro atoms. The molecule has 52 heavy (non-hydrogen) atoms. The van der Waals surface area contributed by atoms with Crippen molar-refractivity contribution in [1.29, 1.82) is 0 Å². The summed E-state index contributed by atoms with van der Waals surface area (Å²) in [6.45, 7) is -0.480. The second-order valence-corrected chi connectivity index (χ2v) is 11.4. The second kappa shape index (κ2) is 15.5. The van der Waals surface area contributed by atoms with Crippen LogP contribution in [0.15, 0.2) is 122 Å². The molecule has 0 fully saturated rings. The van der Waals surface area contributed by atoms with E-state index in [1.165, 1.54) is 24.3 Å². The highest BCUT2D eigenvalue weighted by Crippen LogP contribution is 2.26. The van der Waals surface area contributed by atoms with E-state index in [0.29, 0.717) is 51.4 Å². The van der Waals surface area contributed by atoms with Crippen molar-refractivity contribution in [3.63, 3.8) is 0 Å². The maximum absolute atomic E-state index is 13.4. The van der Waals surface area contributed by atoms with E-state index in [-0.39, 0.29) is 31.2 Å². The van der Waals surface area contributed by atoms with Gasteiger partial charge in [-0.1, -0.05) is 24.3 Å². The molecule has 0 aliphatic heterocycles. The van der Waals surface area contributed by atoms with Gasteiger partial charge in [0.1, 0.15) is 31.5 Å². The first-order valence-electron chi connectivity index (χ1n) is 15.9. The Kier molecular flexibility index (Phi) is 10.1. The molecule has 8 rings (SSSR count). The number of imidazole rings is 2. The van der Waals surface area contributed by atoms with Gasteiger partial charge < -0.3 is 14.6 Å². The number of hydrogen-bond donors (Lipinski definition) is 1. The highest BCUT2D eigenvalue weighted by Gasteiger charge is 2.12. The minimum Gasteiger partial charge on any atom is -0.471 e. The topological polar surface area (TPSA) is 125 Å². The van der Waals surface area contributed by atoms with Crippen LogP contribution in [0.4, 0.5) is 13.2 Å². The molecule has 6 heterocycles. The second-order valence-electron chi connectivity index (χ2n) is 11.4. The zero-order valence-corrected chi connectivity index (χ0v) is 27.4. The fourth-order valence-corrected chi connectivity index (χ4v) is 5.38. The summed E-state index contributed by atoms with van der Waals surface area (Å²) in [6, 6.07) is 19.2. The highest BCUT2D eigenvalue weighted by molar-refractivity contribution is 5.67. The van der Waals surface area contributed by atoms with E-state index in [4.69, 9.17) is 9.47 Å². The highest BCUT2D eigenvalue weighted by atomic mass is 19.1. The van der Waals surface area contributed by atoms with E-state index in [1.54, 1.807) is 70.2 Å². The summed E-state index contributed by atoms with van der Waals surface area (Å²) in [7, 11) is 0. The number of aliphatic hydroxyl groups excluding tert-OH is 1. The number of fused-ring (bicyclic) bond motifs is 2. The van der Waals surface area contributed by atoms with Gasteiger partial charge in [0.05, 0.1) is 18.0 Å². The van der Waals surface area contributed by atoms with Gasteiger partial charge in [-0.2, -0.15) is 0 Å². The minimum atomic E-state index is -0.752. The van der Waals surface area contributed by atoms with E-state index >= 15 is 0 Å². The molecule has 11 nitrogen and oxygen atoms in total. The van der Waals surface area contributed by atoms with Crippen molar-refractivity contribution in [2.75, 3.05) is 0 Å². The van der Waals surface area contributed by atoms with Crippen molar-refractivity contribution in [3.05, 3.63) is 157 Å². The van der Waals surface area contributed by atoms with E-state index in [0.717, 1.165) is 11.1 Å². The normalized spacial score (nSPS) is 11.0. The van der Waals surface area contributed by atoms with Crippen molar-refractivity contribution in [2.24, 2.45) is 0 Å². The standard InChI is InChI=1S/C19H14F2N4O.C19H15FN4O2/c20-8-13-7-15(21)4-5-17(13)14-9-23-19-24-16(11-25(19)10-14)12-26-18-3-1-2-6-22-18;20-15-4-5-17(13(7-15)11-25)14-8-22-19-23-16(10-24(19)9-14)12-26-18-3-1-2-6-21-18/h1-7,9-11H,8,12H2;1-10,25H,11-12H2. The van der Waals surface area contributed by atoms with Gasteiger partial charge in [0, 0.05) is 72.8 Å². The number of aliphatic hydroxyl groups is 1. The zero-order valence-electron chi connectivity index (χ0n) is 27.4. The number of ether oxygens (including phenoxy) is 2. The molecule has 0 saturated carbocycles. The summed E-state index contributed by atoms with van der Waals surface area (Å²) >= 11 is 0. The monoisotopic (exact) mass is 702 g/mol. The first-order valence-corrected chi connectivity index (χ1v) is 15.9. The maximum Gasteiger partial charge on any atom is 0.234 e. The van der Waals surface area contributed by atoms with Crippen LogP contribution in [-0.4, -0.2) is 43.8 Å². The summed E-state index contributed by atoms with van der Waals surface area (Å²) in [5.41, 5.74) is 4.95. The molecule has 0 unspecified atom stereocenters. The molecule has 6 aromatic heterocycles. The number of hydrogen-bond acceptors (Lipinski definition) is 9. The maximum atomic E-state index is 13.4. The van der Waals surface area contributed by atoms with Crippen LogP contribution < -0.4 is 9.47 Å². The first kappa shape index (κ1) is 33.8. The fourth-order valence-electron chi connectivity index (χ4n) is 5.38. The first-order chi connectivity index (χ1) is 25.4. The predicted octanol–water partition coefficient (Wildman–Crippen LogP) is 6.98. The summed E-state index contributed by atoms with van der Waals surface area (Å²) in [5.74, 6) is 1.21. The lowest BCUT2D eigenvalue weighted by molar-refractivity contribution is 0.282. The van der Waals surface area contributed by atoms with Gasteiger partial charge in [-0.15, -0.1) is 0 Å². The molecular weight excluding hydrogens is 673 g/mol. The Morgan fingerprint density at radius 3 is 1.56 bits per heavy atom. The summed E-state index contributed by atoms with van der Waals surface area (Å²) in [4.78, 5) is 25.6. The molecule has 14 heteroatoms. The summed E-state index contributed by atoms with van der Waals surface area (Å²) < 4.78 is 54.6. The Bertz CT molecular complexity index is 2270. The largest absolute Gasteiger partial charge is 0.471 e. The van der Waals surface area contributed by atoms with E-state index in [2.05, 4.69) is 29.9 Å². The van der Waals surface area contributed by atoms with Crippen molar-refractivity contribution < 1.29 is 27.8 Å². The Hall–Kier alpha value is -6.67. The van der Waals surface area contributed by atoms with E-state index < -0.39 is 12.5 Å². The average molecular weight is 703 g/mol. The van der Waals surface area contributed by atoms with Crippen LogP contribution in [-0.2, 0) is 26.5 Å². The van der Waals surface area contributed by atoms with Gasteiger partial charge in [-0.3, -0.25) is 8.80 Å². The van der Waals surface area contributed by atoms with Crippen molar-refractivity contribution in [3.8, 4) is 34.0 Å². The predicted molar refractivity (Wildman–Crippen MR) is 185 cm³/mol.